The molecule has 2 rings (SSSR count). The molecule has 0 N–H and O–H groups in total. The van der Waals surface area contributed by atoms with Gasteiger partial charge in [-0.25, -0.2) is 9.18 Å². The van der Waals surface area contributed by atoms with E-state index in [1.54, 1.807) is 0 Å². The predicted molar refractivity (Wildman–Crippen MR) is 43.8 cm³/mol. The number of halogens is 2. The number of esters is 1. The Morgan fingerprint density at radius 1 is 1.40 bits per heavy atom. The van der Waals surface area contributed by atoms with Crippen LogP contribution in [0.1, 0.15) is 10.4 Å². The minimum Gasteiger partial charge on any atom is -0.465 e. The Hall–Kier alpha value is -1.85. The fraction of sp³-hybridized carbons (Fsp3) is 0.222. The van der Waals surface area contributed by atoms with Crippen LogP contribution < -0.4 is 9.47 Å². The summed E-state index contributed by atoms with van der Waals surface area (Å²) >= 11 is 0. The van der Waals surface area contributed by atoms with Gasteiger partial charge in [0.15, 0.2) is 11.6 Å². The smallest absolute Gasteiger partial charge is 0.341 e. The van der Waals surface area contributed by atoms with Gasteiger partial charge < -0.3 is 14.2 Å². The van der Waals surface area contributed by atoms with E-state index in [4.69, 9.17) is 4.74 Å². The molecule has 1 aromatic carbocycles. The molecule has 0 saturated carbocycles. The molecule has 0 bridgehead atoms. The lowest BCUT2D eigenvalue weighted by Gasteiger charge is -2.04. The van der Waals surface area contributed by atoms with Gasteiger partial charge >= 0.3 is 5.97 Å². The first-order chi connectivity index (χ1) is 7.15. The minimum atomic E-state index is -1.30. The van der Waals surface area contributed by atoms with Crippen molar-refractivity contribution in [1.82, 2.24) is 0 Å². The molecule has 4 nitrogen and oxygen atoms in total. The van der Waals surface area contributed by atoms with Gasteiger partial charge in [0.1, 0.15) is 5.56 Å². The fourth-order valence-corrected chi connectivity index (χ4v) is 1.24. The first-order valence-corrected chi connectivity index (χ1v) is 4.01. The van der Waals surface area contributed by atoms with E-state index in [1.807, 2.05) is 0 Å². The normalized spacial score (nSPS) is 12.7. The van der Waals surface area contributed by atoms with Crippen LogP contribution in [0.5, 0.6) is 11.5 Å². The molecule has 6 heteroatoms. The molecule has 80 valence electrons. The maximum absolute atomic E-state index is 13.3. The van der Waals surface area contributed by atoms with E-state index in [2.05, 4.69) is 9.47 Å². The van der Waals surface area contributed by atoms with Crippen LogP contribution in [-0.4, -0.2) is 19.9 Å². The van der Waals surface area contributed by atoms with Crippen LogP contribution in [0.3, 0.4) is 0 Å². The molecule has 0 saturated heterocycles. The number of hydrogen-bond acceptors (Lipinski definition) is 4. The molecular weight excluding hydrogens is 210 g/mol. The first kappa shape index (κ1) is 9.70. The van der Waals surface area contributed by atoms with Gasteiger partial charge in [-0.15, -0.1) is 0 Å². The molecule has 15 heavy (non-hydrogen) atoms. The van der Waals surface area contributed by atoms with Crippen molar-refractivity contribution in [3.05, 3.63) is 23.3 Å². The molecule has 1 aromatic rings. The number of hydrogen-bond donors (Lipinski definition) is 0. The highest BCUT2D eigenvalue weighted by atomic mass is 19.2. The first-order valence-electron chi connectivity index (χ1n) is 4.01. The minimum absolute atomic E-state index is 0.00528. The second-order valence-corrected chi connectivity index (χ2v) is 2.78. The summed E-state index contributed by atoms with van der Waals surface area (Å²) in [6.45, 7) is -0.198. The van der Waals surface area contributed by atoms with Crippen molar-refractivity contribution >= 4 is 5.97 Å². The zero-order valence-corrected chi connectivity index (χ0v) is 7.67. The largest absolute Gasteiger partial charge is 0.465 e. The highest BCUT2D eigenvalue weighted by Crippen LogP contribution is 2.37. The molecule has 1 aliphatic rings. The molecule has 0 aromatic heterocycles. The molecular formula is C9H6F2O4. The zero-order chi connectivity index (χ0) is 11.0. The van der Waals surface area contributed by atoms with Gasteiger partial charge in [0.05, 0.1) is 7.11 Å². The summed E-state index contributed by atoms with van der Waals surface area (Å²) in [5.74, 6) is -3.84. The molecule has 0 aliphatic carbocycles. The van der Waals surface area contributed by atoms with Crippen LogP contribution in [-0.2, 0) is 4.74 Å². The monoisotopic (exact) mass is 216 g/mol. The predicted octanol–water partition coefficient (Wildman–Crippen LogP) is 1.48. The molecule has 0 spiro atoms. The van der Waals surface area contributed by atoms with E-state index in [1.165, 1.54) is 0 Å². The lowest BCUT2D eigenvalue weighted by Crippen LogP contribution is -2.06. The van der Waals surface area contributed by atoms with Crippen LogP contribution in [0.15, 0.2) is 6.07 Å². The number of carbonyl (C=O) groups is 1. The van der Waals surface area contributed by atoms with Gasteiger partial charge in [-0.2, -0.15) is 4.39 Å². The van der Waals surface area contributed by atoms with Gasteiger partial charge in [0.2, 0.25) is 18.4 Å². The molecule has 0 fully saturated rings. The quantitative estimate of drug-likeness (QED) is 0.667. The molecule has 0 radical (unpaired) electrons. The summed E-state index contributed by atoms with van der Waals surface area (Å²) in [4.78, 5) is 11.1. The van der Waals surface area contributed by atoms with E-state index in [-0.39, 0.29) is 18.3 Å². The maximum atomic E-state index is 13.3. The average molecular weight is 216 g/mol. The Balaban J connectivity index is 2.59. The Morgan fingerprint density at radius 3 is 2.80 bits per heavy atom. The second kappa shape index (κ2) is 3.38. The third kappa shape index (κ3) is 1.38. The van der Waals surface area contributed by atoms with Crippen LogP contribution in [0.4, 0.5) is 8.78 Å². The standard InChI is InChI=1S/C9H6F2O4/c1-13-9(12)4-2-5-8(15-3-14-5)7(11)6(4)10/h2H,3H2,1H3. The lowest BCUT2D eigenvalue weighted by molar-refractivity contribution is 0.0594. The Bertz CT molecular complexity index is 431. The van der Waals surface area contributed by atoms with Gasteiger partial charge in [0.25, 0.3) is 0 Å². The van der Waals surface area contributed by atoms with E-state index in [9.17, 15) is 13.6 Å². The molecule has 0 atom stereocenters. The molecule has 1 heterocycles. The van der Waals surface area contributed by atoms with Gasteiger partial charge in [-0.05, 0) is 0 Å². The van der Waals surface area contributed by atoms with E-state index >= 15 is 0 Å². The van der Waals surface area contributed by atoms with Crippen LogP contribution in [0, 0.1) is 11.6 Å². The van der Waals surface area contributed by atoms with E-state index in [0.717, 1.165) is 13.2 Å². The second-order valence-electron chi connectivity index (χ2n) is 2.78. The van der Waals surface area contributed by atoms with Crippen molar-refractivity contribution in [3.63, 3.8) is 0 Å². The Labute approximate surface area is 83.4 Å². The summed E-state index contributed by atoms with van der Waals surface area (Å²) in [5, 5.41) is 0. The van der Waals surface area contributed by atoms with Crippen molar-refractivity contribution < 1.29 is 27.8 Å². The fourth-order valence-electron chi connectivity index (χ4n) is 1.24. The summed E-state index contributed by atoms with van der Waals surface area (Å²) in [5.41, 5.74) is -0.515. The van der Waals surface area contributed by atoms with Crippen LogP contribution in [0.2, 0.25) is 0 Å². The molecule has 0 amide bonds. The summed E-state index contributed by atoms with van der Waals surface area (Å²) < 4.78 is 40.4. The van der Waals surface area contributed by atoms with Crippen molar-refractivity contribution in [2.24, 2.45) is 0 Å². The highest BCUT2D eigenvalue weighted by Gasteiger charge is 2.27. The molecule has 0 unspecified atom stereocenters. The van der Waals surface area contributed by atoms with E-state index in [0.29, 0.717) is 0 Å². The lowest BCUT2D eigenvalue weighted by atomic mass is 10.2. The third-order valence-corrected chi connectivity index (χ3v) is 1.95. The van der Waals surface area contributed by atoms with Crippen LogP contribution in [0.25, 0.3) is 0 Å². The van der Waals surface area contributed by atoms with Gasteiger partial charge in [0, 0.05) is 6.07 Å². The van der Waals surface area contributed by atoms with Crippen LogP contribution >= 0.6 is 0 Å². The number of methoxy groups -OCH3 is 1. The van der Waals surface area contributed by atoms with Crippen molar-refractivity contribution in [2.75, 3.05) is 13.9 Å². The van der Waals surface area contributed by atoms with Crippen molar-refractivity contribution in [1.29, 1.82) is 0 Å². The summed E-state index contributed by atoms with van der Waals surface area (Å²) in [6, 6.07) is 1.05. The Kier molecular flexibility index (Phi) is 2.18. The SMILES string of the molecule is COC(=O)c1cc2c(c(F)c1F)OCO2. The van der Waals surface area contributed by atoms with Crippen molar-refractivity contribution in [2.45, 2.75) is 0 Å². The van der Waals surface area contributed by atoms with E-state index < -0.39 is 23.2 Å². The van der Waals surface area contributed by atoms with Gasteiger partial charge in [-0.3, -0.25) is 0 Å². The zero-order valence-electron chi connectivity index (χ0n) is 7.67. The highest BCUT2D eigenvalue weighted by molar-refractivity contribution is 5.90. The average Bonchev–Trinajstić information content (AvgIpc) is 2.70. The van der Waals surface area contributed by atoms with Gasteiger partial charge in [-0.1, -0.05) is 0 Å². The number of fused-ring (bicyclic) bond motifs is 1. The topological polar surface area (TPSA) is 44.8 Å². The number of rotatable bonds is 1. The number of carbonyl (C=O) groups excluding carboxylic acids is 1. The number of benzene rings is 1. The third-order valence-electron chi connectivity index (χ3n) is 1.95. The summed E-state index contributed by atoms with van der Waals surface area (Å²) in [6.07, 6.45) is 0. The summed E-state index contributed by atoms with van der Waals surface area (Å²) in [7, 11) is 1.07. The Morgan fingerprint density at radius 2 is 2.13 bits per heavy atom. The molecule has 1 aliphatic heterocycles. The van der Waals surface area contributed by atoms with Crippen molar-refractivity contribution in [3.8, 4) is 11.5 Å². The maximum Gasteiger partial charge on any atom is 0.341 e. The number of ether oxygens (including phenoxy) is 3.